The molecule has 5 nitrogen and oxygen atoms in total. The second kappa shape index (κ2) is 7.02. The first-order valence-electron chi connectivity index (χ1n) is 9.91. The number of nitrogens with zero attached hydrogens (tertiary/aromatic N) is 1. The summed E-state index contributed by atoms with van der Waals surface area (Å²) in [5.41, 5.74) is 0.898. The molecule has 0 radical (unpaired) electrons. The van der Waals surface area contributed by atoms with Gasteiger partial charge in [0.05, 0.1) is 12.2 Å². The zero-order valence-corrected chi connectivity index (χ0v) is 16.5. The molecule has 4 rings (SSSR count). The van der Waals surface area contributed by atoms with Crippen molar-refractivity contribution in [2.75, 3.05) is 40.3 Å². The molecule has 0 aliphatic carbocycles. The molecule has 2 saturated heterocycles. The lowest BCUT2D eigenvalue weighted by Crippen LogP contribution is -2.54. The van der Waals surface area contributed by atoms with Crippen LogP contribution < -0.4 is 14.8 Å². The molecular formula is C21H32N2O3. The van der Waals surface area contributed by atoms with Crippen molar-refractivity contribution in [3.8, 4) is 11.5 Å². The molecule has 1 N–H and O–H groups in total. The minimum absolute atomic E-state index is 0.102. The molecule has 0 saturated carbocycles. The highest BCUT2D eigenvalue weighted by Gasteiger charge is 2.51. The highest BCUT2D eigenvalue weighted by atomic mass is 16.5. The van der Waals surface area contributed by atoms with E-state index >= 15 is 0 Å². The topological polar surface area (TPSA) is 43.0 Å². The molecule has 1 aromatic rings. The Balaban J connectivity index is 1.62. The van der Waals surface area contributed by atoms with Gasteiger partial charge in [-0.05, 0) is 59.3 Å². The molecule has 0 unspecified atom stereocenters. The molecular weight excluding hydrogens is 328 g/mol. The molecule has 5 heteroatoms. The molecule has 26 heavy (non-hydrogen) atoms. The predicted molar refractivity (Wildman–Crippen MR) is 102 cm³/mol. The molecule has 0 bridgehead atoms. The molecule has 3 aliphatic heterocycles. The minimum atomic E-state index is -0.263. The van der Waals surface area contributed by atoms with Crippen LogP contribution in [0.1, 0.15) is 38.4 Å². The number of ether oxygens (including phenoxy) is 3. The normalized spacial score (nSPS) is 32.2. The molecule has 0 amide bonds. The molecule has 4 atom stereocenters. The Bertz CT molecular complexity index is 646. The first-order chi connectivity index (χ1) is 12.5. The van der Waals surface area contributed by atoms with Crippen LogP contribution in [0.4, 0.5) is 0 Å². The second-order valence-corrected chi connectivity index (χ2v) is 8.72. The van der Waals surface area contributed by atoms with Gasteiger partial charge in [-0.2, -0.15) is 0 Å². The fraction of sp³-hybridized carbons (Fsp3) is 0.714. The van der Waals surface area contributed by atoms with Crippen LogP contribution in [0.5, 0.6) is 11.5 Å². The lowest BCUT2D eigenvalue weighted by molar-refractivity contribution is -0.178. The third-order valence-electron chi connectivity index (χ3n) is 6.15. The van der Waals surface area contributed by atoms with Gasteiger partial charge in [-0.1, -0.05) is 12.1 Å². The van der Waals surface area contributed by atoms with Crippen molar-refractivity contribution >= 4 is 0 Å². The van der Waals surface area contributed by atoms with E-state index in [1.165, 1.54) is 0 Å². The monoisotopic (exact) mass is 360 g/mol. The van der Waals surface area contributed by atoms with Crippen LogP contribution in [0.15, 0.2) is 18.2 Å². The second-order valence-electron chi connectivity index (χ2n) is 8.72. The third kappa shape index (κ3) is 3.32. The van der Waals surface area contributed by atoms with E-state index in [4.69, 9.17) is 14.2 Å². The number of piperidine rings is 1. The van der Waals surface area contributed by atoms with Crippen LogP contribution >= 0.6 is 0 Å². The van der Waals surface area contributed by atoms with Crippen molar-refractivity contribution in [3.63, 3.8) is 0 Å². The van der Waals surface area contributed by atoms with Crippen molar-refractivity contribution in [1.82, 2.24) is 10.2 Å². The zero-order chi connectivity index (χ0) is 18.3. The van der Waals surface area contributed by atoms with Gasteiger partial charge in [-0.25, -0.2) is 0 Å². The minimum Gasteiger partial charge on any atom is -0.488 e. The number of rotatable bonds is 4. The number of fused-ring (bicyclic) bond motifs is 4. The van der Waals surface area contributed by atoms with Gasteiger partial charge >= 0.3 is 0 Å². The van der Waals surface area contributed by atoms with E-state index in [9.17, 15) is 0 Å². The average molecular weight is 360 g/mol. The molecule has 3 heterocycles. The van der Waals surface area contributed by atoms with E-state index in [0.29, 0.717) is 24.5 Å². The van der Waals surface area contributed by atoms with Crippen LogP contribution in [0.3, 0.4) is 0 Å². The summed E-state index contributed by atoms with van der Waals surface area (Å²) < 4.78 is 19.3. The maximum atomic E-state index is 6.67. The van der Waals surface area contributed by atoms with Gasteiger partial charge < -0.3 is 24.4 Å². The SMILES string of the molecule is CN(C)CCOc1cccc2c1OC(C)(C)[C@@H]1C[C@@H]3CNCC[C@H]3O[C@@H]21. The highest BCUT2D eigenvalue weighted by molar-refractivity contribution is 5.50. The zero-order valence-electron chi connectivity index (χ0n) is 16.5. The fourth-order valence-corrected chi connectivity index (χ4v) is 4.64. The van der Waals surface area contributed by atoms with Crippen LogP contribution in [-0.2, 0) is 4.74 Å². The number of likely N-dealkylation sites (N-methyl/N-ethyl adjacent to an activating group) is 1. The van der Waals surface area contributed by atoms with Crippen molar-refractivity contribution in [2.24, 2.45) is 11.8 Å². The standard InChI is InChI=1S/C21H32N2O3/c1-21(2)16-12-14-13-22-9-8-17(14)25-19(16)15-6-5-7-18(20(15)26-21)24-11-10-23(3)4/h5-7,14,16-17,19,22H,8-13H2,1-4H3/t14-,16-,17-,19+/m1/s1. The van der Waals surface area contributed by atoms with E-state index in [2.05, 4.69) is 50.3 Å². The van der Waals surface area contributed by atoms with E-state index in [1.54, 1.807) is 0 Å². The van der Waals surface area contributed by atoms with E-state index in [-0.39, 0.29) is 11.7 Å². The van der Waals surface area contributed by atoms with Gasteiger partial charge in [0.15, 0.2) is 11.5 Å². The van der Waals surface area contributed by atoms with Crippen LogP contribution in [0.2, 0.25) is 0 Å². The molecule has 0 aromatic heterocycles. The summed E-state index contributed by atoms with van der Waals surface area (Å²) in [4.78, 5) is 2.12. The smallest absolute Gasteiger partial charge is 0.167 e. The van der Waals surface area contributed by atoms with Gasteiger partial charge in [0.1, 0.15) is 12.2 Å². The Hall–Kier alpha value is -1.30. The predicted octanol–water partition coefficient (Wildman–Crippen LogP) is 2.85. The van der Waals surface area contributed by atoms with E-state index in [0.717, 1.165) is 49.5 Å². The summed E-state index contributed by atoms with van der Waals surface area (Å²) in [7, 11) is 4.11. The van der Waals surface area contributed by atoms with Crippen molar-refractivity contribution in [2.45, 2.75) is 44.5 Å². The Morgan fingerprint density at radius 2 is 2.15 bits per heavy atom. The number of nitrogens with one attached hydrogen (secondary N) is 1. The fourth-order valence-electron chi connectivity index (χ4n) is 4.64. The molecule has 1 aromatic carbocycles. The van der Waals surface area contributed by atoms with Crippen molar-refractivity contribution < 1.29 is 14.2 Å². The summed E-state index contributed by atoms with van der Waals surface area (Å²) in [5, 5.41) is 3.52. The maximum Gasteiger partial charge on any atom is 0.167 e. The van der Waals surface area contributed by atoms with Crippen LogP contribution in [-0.4, -0.2) is 56.9 Å². The number of benzene rings is 1. The molecule has 2 fully saturated rings. The summed E-state index contributed by atoms with van der Waals surface area (Å²) in [6.45, 7) is 8.04. The highest BCUT2D eigenvalue weighted by Crippen LogP contribution is 2.54. The molecule has 144 valence electrons. The van der Waals surface area contributed by atoms with Gasteiger partial charge in [0, 0.05) is 24.6 Å². The average Bonchev–Trinajstić information content (AvgIpc) is 2.60. The van der Waals surface area contributed by atoms with Gasteiger partial charge in [0.25, 0.3) is 0 Å². The lowest BCUT2D eigenvalue weighted by Gasteiger charge is -2.52. The summed E-state index contributed by atoms with van der Waals surface area (Å²) in [5.74, 6) is 2.68. The Morgan fingerprint density at radius 1 is 1.31 bits per heavy atom. The molecule has 3 aliphatic rings. The van der Waals surface area contributed by atoms with Gasteiger partial charge in [-0.15, -0.1) is 0 Å². The van der Waals surface area contributed by atoms with Crippen LogP contribution in [0, 0.1) is 11.8 Å². The Labute approximate surface area is 157 Å². The summed E-state index contributed by atoms with van der Waals surface area (Å²) >= 11 is 0. The quantitative estimate of drug-likeness (QED) is 0.894. The maximum absolute atomic E-state index is 6.67. The number of para-hydroxylation sites is 1. The first-order valence-corrected chi connectivity index (χ1v) is 9.91. The summed E-state index contributed by atoms with van der Waals surface area (Å²) in [6, 6.07) is 6.24. The summed E-state index contributed by atoms with van der Waals surface area (Å²) in [6.07, 6.45) is 2.72. The number of hydrogen-bond acceptors (Lipinski definition) is 5. The van der Waals surface area contributed by atoms with Crippen molar-refractivity contribution in [1.29, 1.82) is 0 Å². The van der Waals surface area contributed by atoms with Gasteiger partial charge in [0.2, 0.25) is 0 Å². The largest absolute Gasteiger partial charge is 0.488 e. The lowest BCUT2D eigenvalue weighted by atomic mass is 9.71. The van der Waals surface area contributed by atoms with Crippen molar-refractivity contribution in [3.05, 3.63) is 23.8 Å². The Morgan fingerprint density at radius 3 is 2.96 bits per heavy atom. The first kappa shape index (κ1) is 18.1. The van der Waals surface area contributed by atoms with E-state index < -0.39 is 0 Å². The van der Waals surface area contributed by atoms with Gasteiger partial charge in [-0.3, -0.25) is 0 Å². The third-order valence-corrected chi connectivity index (χ3v) is 6.15. The number of hydrogen-bond donors (Lipinski definition) is 1. The Kier molecular flexibility index (Phi) is 4.88. The molecule has 0 spiro atoms. The van der Waals surface area contributed by atoms with E-state index in [1.807, 2.05) is 6.07 Å². The van der Waals surface area contributed by atoms with Crippen LogP contribution in [0.25, 0.3) is 0 Å².